The van der Waals surface area contributed by atoms with E-state index in [1.807, 2.05) is 0 Å². The van der Waals surface area contributed by atoms with Gasteiger partial charge in [-0.25, -0.2) is 0 Å². The van der Waals surface area contributed by atoms with Gasteiger partial charge in [0, 0.05) is 6.04 Å². The fourth-order valence-corrected chi connectivity index (χ4v) is 3.30. The smallest absolute Gasteiger partial charge is 0.00722 e. The minimum absolute atomic E-state index is 0.570. The maximum Gasteiger partial charge on any atom is 0.00722 e. The van der Waals surface area contributed by atoms with E-state index in [0.717, 1.165) is 12.0 Å². The zero-order valence-electron chi connectivity index (χ0n) is 11.0. The van der Waals surface area contributed by atoms with Gasteiger partial charge in [-0.2, -0.15) is 0 Å². The molecule has 0 bridgehead atoms. The van der Waals surface area contributed by atoms with Gasteiger partial charge in [-0.15, -0.1) is 0 Å². The molecule has 16 heavy (non-hydrogen) atoms. The summed E-state index contributed by atoms with van der Waals surface area (Å²) in [5.41, 5.74) is 0.570. The third-order valence-corrected chi connectivity index (χ3v) is 4.30. The molecule has 1 saturated heterocycles. The van der Waals surface area contributed by atoms with Gasteiger partial charge in [0.1, 0.15) is 0 Å². The minimum Gasteiger partial charge on any atom is -0.316 e. The van der Waals surface area contributed by atoms with Crippen LogP contribution in [0.4, 0.5) is 0 Å². The number of piperidine rings is 1. The van der Waals surface area contributed by atoms with Gasteiger partial charge in [0.15, 0.2) is 0 Å². The van der Waals surface area contributed by atoms with Crippen LogP contribution in [0.15, 0.2) is 0 Å². The highest BCUT2D eigenvalue weighted by atomic mass is 14.9. The van der Waals surface area contributed by atoms with Crippen LogP contribution in [-0.4, -0.2) is 25.7 Å². The molecule has 0 aromatic carbocycles. The van der Waals surface area contributed by atoms with E-state index >= 15 is 0 Å². The summed E-state index contributed by atoms with van der Waals surface area (Å²) in [5, 5.41) is 7.31. The summed E-state index contributed by atoms with van der Waals surface area (Å²) >= 11 is 0. The summed E-state index contributed by atoms with van der Waals surface area (Å²) in [4.78, 5) is 0. The van der Waals surface area contributed by atoms with E-state index < -0.39 is 0 Å². The molecule has 2 unspecified atom stereocenters. The van der Waals surface area contributed by atoms with Crippen LogP contribution in [0.3, 0.4) is 0 Å². The molecule has 2 heteroatoms. The van der Waals surface area contributed by atoms with Gasteiger partial charge in [0.05, 0.1) is 0 Å². The van der Waals surface area contributed by atoms with Crippen LogP contribution in [0, 0.1) is 11.3 Å². The van der Waals surface area contributed by atoms with Gasteiger partial charge >= 0.3 is 0 Å². The summed E-state index contributed by atoms with van der Waals surface area (Å²) in [6.07, 6.45) is 8.36. The van der Waals surface area contributed by atoms with Crippen LogP contribution in [0.5, 0.6) is 0 Å². The molecule has 1 aliphatic heterocycles. The SMILES string of the molecule is CC1(C)CCCC(NCC2CCCNC2)C1. The van der Waals surface area contributed by atoms with Crippen LogP contribution in [0.1, 0.15) is 52.4 Å². The van der Waals surface area contributed by atoms with E-state index in [9.17, 15) is 0 Å². The maximum atomic E-state index is 3.81. The Hall–Kier alpha value is -0.0800. The first-order valence-corrected chi connectivity index (χ1v) is 7.10. The van der Waals surface area contributed by atoms with Crippen LogP contribution < -0.4 is 10.6 Å². The van der Waals surface area contributed by atoms with Crippen molar-refractivity contribution in [2.45, 2.75) is 58.4 Å². The zero-order chi connectivity index (χ0) is 11.4. The van der Waals surface area contributed by atoms with Gasteiger partial charge in [-0.05, 0) is 63.1 Å². The first-order valence-electron chi connectivity index (χ1n) is 7.10. The van der Waals surface area contributed by atoms with Gasteiger partial charge in [0.25, 0.3) is 0 Å². The summed E-state index contributed by atoms with van der Waals surface area (Å²) in [6.45, 7) is 8.52. The summed E-state index contributed by atoms with van der Waals surface area (Å²) in [6, 6.07) is 0.783. The predicted octanol–water partition coefficient (Wildman–Crippen LogP) is 2.54. The Labute approximate surface area is 101 Å². The largest absolute Gasteiger partial charge is 0.316 e. The molecule has 2 fully saturated rings. The lowest BCUT2D eigenvalue weighted by Crippen LogP contribution is -2.42. The maximum absolute atomic E-state index is 3.81. The first kappa shape index (κ1) is 12.4. The van der Waals surface area contributed by atoms with E-state index in [-0.39, 0.29) is 0 Å². The number of nitrogens with one attached hydrogen (secondary N) is 2. The molecule has 2 nitrogen and oxygen atoms in total. The third kappa shape index (κ3) is 3.74. The highest BCUT2D eigenvalue weighted by molar-refractivity contribution is 4.84. The average molecular weight is 224 g/mol. The van der Waals surface area contributed by atoms with Crippen molar-refractivity contribution < 1.29 is 0 Å². The standard InChI is InChI=1S/C14H28N2/c1-14(2)7-3-6-13(9-14)16-11-12-5-4-8-15-10-12/h12-13,15-16H,3-11H2,1-2H3. The number of hydrogen-bond acceptors (Lipinski definition) is 2. The Morgan fingerprint density at radius 1 is 1.25 bits per heavy atom. The van der Waals surface area contributed by atoms with Gasteiger partial charge in [-0.1, -0.05) is 20.3 Å². The fraction of sp³-hybridized carbons (Fsp3) is 1.00. The Kier molecular flexibility index (Phi) is 4.26. The fourth-order valence-electron chi connectivity index (χ4n) is 3.30. The molecule has 0 amide bonds. The van der Waals surface area contributed by atoms with Gasteiger partial charge in [0.2, 0.25) is 0 Å². The molecular formula is C14H28N2. The topological polar surface area (TPSA) is 24.1 Å². The summed E-state index contributed by atoms with van der Waals surface area (Å²) < 4.78 is 0. The second kappa shape index (κ2) is 5.50. The van der Waals surface area contributed by atoms with Crippen LogP contribution in [-0.2, 0) is 0 Å². The molecule has 2 atom stereocenters. The van der Waals surface area contributed by atoms with Crippen molar-refractivity contribution in [3.05, 3.63) is 0 Å². The molecule has 2 aliphatic rings. The molecule has 0 aromatic heterocycles. The van der Waals surface area contributed by atoms with Crippen LogP contribution in [0.2, 0.25) is 0 Å². The lowest BCUT2D eigenvalue weighted by molar-refractivity contribution is 0.191. The molecular weight excluding hydrogens is 196 g/mol. The molecule has 0 radical (unpaired) electrons. The van der Waals surface area contributed by atoms with E-state index in [2.05, 4.69) is 24.5 Å². The Bertz CT molecular complexity index is 207. The lowest BCUT2D eigenvalue weighted by Gasteiger charge is -2.36. The van der Waals surface area contributed by atoms with E-state index in [1.165, 1.54) is 58.2 Å². The van der Waals surface area contributed by atoms with Crippen LogP contribution in [0.25, 0.3) is 0 Å². The van der Waals surface area contributed by atoms with E-state index in [0.29, 0.717) is 5.41 Å². The predicted molar refractivity (Wildman–Crippen MR) is 69.6 cm³/mol. The Morgan fingerprint density at radius 2 is 2.12 bits per heavy atom. The van der Waals surface area contributed by atoms with Gasteiger partial charge < -0.3 is 10.6 Å². The van der Waals surface area contributed by atoms with E-state index in [1.54, 1.807) is 0 Å². The Morgan fingerprint density at radius 3 is 2.81 bits per heavy atom. The van der Waals surface area contributed by atoms with Gasteiger partial charge in [-0.3, -0.25) is 0 Å². The second-order valence-corrected chi connectivity index (χ2v) is 6.58. The van der Waals surface area contributed by atoms with Crippen molar-refractivity contribution in [3.63, 3.8) is 0 Å². The number of rotatable bonds is 3. The number of hydrogen-bond donors (Lipinski definition) is 2. The van der Waals surface area contributed by atoms with Crippen molar-refractivity contribution in [1.82, 2.24) is 10.6 Å². The van der Waals surface area contributed by atoms with Crippen molar-refractivity contribution in [2.24, 2.45) is 11.3 Å². The lowest BCUT2D eigenvalue weighted by atomic mass is 9.75. The first-order chi connectivity index (χ1) is 7.66. The molecule has 0 spiro atoms. The molecule has 2 rings (SSSR count). The molecule has 0 aromatic rings. The second-order valence-electron chi connectivity index (χ2n) is 6.58. The van der Waals surface area contributed by atoms with Crippen molar-refractivity contribution in [3.8, 4) is 0 Å². The summed E-state index contributed by atoms with van der Waals surface area (Å²) in [7, 11) is 0. The highest BCUT2D eigenvalue weighted by Crippen LogP contribution is 2.35. The van der Waals surface area contributed by atoms with Crippen LogP contribution >= 0.6 is 0 Å². The molecule has 2 N–H and O–H groups in total. The third-order valence-electron chi connectivity index (χ3n) is 4.30. The van der Waals surface area contributed by atoms with E-state index in [4.69, 9.17) is 0 Å². The van der Waals surface area contributed by atoms with Crippen molar-refractivity contribution in [1.29, 1.82) is 0 Å². The molecule has 1 heterocycles. The molecule has 1 aliphatic carbocycles. The minimum atomic E-state index is 0.570. The van der Waals surface area contributed by atoms with Crippen molar-refractivity contribution >= 4 is 0 Å². The molecule has 1 saturated carbocycles. The molecule has 94 valence electrons. The normalized spacial score (nSPS) is 34.9. The monoisotopic (exact) mass is 224 g/mol. The average Bonchev–Trinajstić information content (AvgIpc) is 2.27. The quantitative estimate of drug-likeness (QED) is 0.770. The van der Waals surface area contributed by atoms with Crippen molar-refractivity contribution in [2.75, 3.05) is 19.6 Å². The zero-order valence-corrected chi connectivity index (χ0v) is 11.0. The highest BCUT2D eigenvalue weighted by Gasteiger charge is 2.28. The Balaban J connectivity index is 1.68. The summed E-state index contributed by atoms with van der Waals surface area (Å²) in [5.74, 6) is 0.874.